The minimum atomic E-state index is -0.530. The molecule has 2 rings (SSSR count). The first-order chi connectivity index (χ1) is 7.83. The summed E-state index contributed by atoms with van der Waals surface area (Å²) in [6.45, 7) is 5.46. The quantitative estimate of drug-likeness (QED) is 0.447. The first kappa shape index (κ1) is 12.5. The highest BCUT2D eigenvalue weighted by atomic mass is 35.5. The van der Waals surface area contributed by atoms with E-state index in [-0.39, 0.29) is 23.3 Å². The van der Waals surface area contributed by atoms with Gasteiger partial charge in [0.25, 0.3) is 0 Å². The van der Waals surface area contributed by atoms with E-state index in [1.807, 2.05) is 20.8 Å². The topological polar surface area (TPSA) is 62.1 Å². The van der Waals surface area contributed by atoms with Gasteiger partial charge in [-0.15, -0.1) is 0 Å². The molecule has 96 valence electrons. The summed E-state index contributed by atoms with van der Waals surface area (Å²) in [6, 6.07) is -0.134. The van der Waals surface area contributed by atoms with Crippen LogP contribution in [-0.4, -0.2) is 39.1 Å². The van der Waals surface area contributed by atoms with Crippen molar-refractivity contribution in [3.8, 4) is 0 Å². The van der Waals surface area contributed by atoms with E-state index in [0.29, 0.717) is 5.92 Å². The maximum Gasteiger partial charge on any atom is 0.411 e. The molecule has 3 atom stereocenters. The number of carbonyl (C=O) groups excluding carboxylic acids is 1. The maximum absolute atomic E-state index is 12.0. The van der Waals surface area contributed by atoms with E-state index in [2.05, 4.69) is 5.16 Å². The summed E-state index contributed by atoms with van der Waals surface area (Å²) in [6.07, 6.45) is 1.37. The number of nitrogens with zero attached hydrogens (tertiary/aromatic N) is 2. The second-order valence-electron chi connectivity index (χ2n) is 5.62. The van der Waals surface area contributed by atoms with Crippen LogP contribution in [0.25, 0.3) is 0 Å². The fourth-order valence-corrected chi connectivity index (χ4v) is 2.51. The van der Waals surface area contributed by atoms with Crippen LogP contribution in [0, 0.1) is 5.92 Å². The van der Waals surface area contributed by atoms with Crippen LogP contribution in [-0.2, 0) is 4.74 Å². The van der Waals surface area contributed by atoms with Gasteiger partial charge in [-0.3, -0.25) is 4.90 Å². The van der Waals surface area contributed by atoms with Gasteiger partial charge in [-0.25, -0.2) is 4.79 Å². The maximum atomic E-state index is 12.0. The average molecular weight is 261 g/mol. The second-order valence-corrected chi connectivity index (χ2v) is 6.01. The van der Waals surface area contributed by atoms with E-state index in [1.54, 1.807) is 4.90 Å². The Bertz CT molecular complexity index is 364. The molecule has 17 heavy (non-hydrogen) atoms. The number of rotatable bonds is 1. The molecule has 1 heterocycles. The number of halogens is 1. The lowest BCUT2D eigenvalue weighted by molar-refractivity contribution is 0.0231. The molecule has 2 aliphatic rings. The third kappa shape index (κ3) is 2.49. The van der Waals surface area contributed by atoms with Crippen molar-refractivity contribution in [1.82, 2.24) is 4.90 Å². The van der Waals surface area contributed by atoms with Crippen LogP contribution in [0.5, 0.6) is 0 Å². The Labute approximate surface area is 105 Å². The molecule has 1 saturated carbocycles. The van der Waals surface area contributed by atoms with Gasteiger partial charge in [0.2, 0.25) is 0 Å². The van der Waals surface area contributed by atoms with Gasteiger partial charge in [0.05, 0.1) is 6.04 Å². The van der Waals surface area contributed by atoms with Gasteiger partial charge < -0.3 is 9.94 Å². The Morgan fingerprint density at radius 2 is 2.12 bits per heavy atom. The molecule has 1 N–H and O–H groups in total. The van der Waals surface area contributed by atoms with Crippen LogP contribution < -0.4 is 0 Å². The zero-order valence-corrected chi connectivity index (χ0v) is 10.9. The molecule has 6 heteroatoms. The largest absolute Gasteiger partial charge is 0.444 e. The number of oxime groups is 1. The lowest BCUT2D eigenvalue weighted by Crippen LogP contribution is -2.44. The molecule has 0 spiro atoms. The zero-order chi connectivity index (χ0) is 12.8. The monoisotopic (exact) mass is 260 g/mol. The molecule has 1 saturated heterocycles. The van der Waals surface area contributed by atoms with Crippen LogP contribution in [0.15, 0.2) is 5.16 Å². The Balaban J connectivity index is 2.10. The fraction of sp³-hybridized carbons (Fsp3) is 0.818. The third-order valence-electron chi connectivity index (χ3n) is 3.08. The number of piperidine rings is 1. The molecule has 1 aliphatic heterocycles. The predicted octanol–water partition coefficient (Wildman–Crippen LogP) is 2.41. The summed E-state index contributed by atoms with van der Waals surface area (Å²) in [4.78, 5) is 13.6. The summed E-state index contributed by atoms with van der Waals surface area (Å²) >= 11 is 5.82. The number of hydrogen-bond acceptors (Lipinski definition) is 4. The molecule has 0 aromatic rings. The van der Waals surface area contributed by atoms with Gasteiger partial charge in [-0.1, -0.05) is 16.8 Å². The number of fused-ring (bicyclic) bond motifs is 1. The molecule has 1 aliphatic carbocycles. The van der Waals surface area contributed by atoms with Gasteiger partial charge in [0, 0.05) is 6.04 Å². The number of ether oxygens (including phenoxy) is 1. The molecule has 2 fully saturated rings. The van der Waals surface area contributed by atoms with E-state index < -0.39 is 5.60 Å². The number of likely N-dealkylation sites (tertiary alicyclic amines) is 1. The smallest absolute Gasteiger partial charge is 0.411 e. The van der Waals surface area contributed by atoms with E-state index >= 15 is 0 Å². The highest BCUT2D eigenvalue weighted by Crippen LogP contribution is 2.48. The van der Waals surface area contributed by atoms with Crippen LogP contribution in [0.2, 0.25) is 0 Å². The lowest BCUT2D eigenvalue weighted by atomic mass is 10.2. The van der Waals surface area contributed by atoms with Crippen molar-refractivity contribution >= 4 is 22.9 Å². The Morgan fingerprint density at radius 3 is 2.65 bits per heavy atom. The summed E-state index contributed by atoms with van der Waals surface area (Å²) in [5, 5.41) is 11.8. The van der Waals surface area contributed by atoms with Gasteiger partial charge in [-0.05, 0) is 39.5 Å². The van der Waals surface area contributed by atoms with Gasteiger partial charge >= 0.3 is 6.09 Å². The van der Waals surface area contributed by atoms with E-state index in [4.69, 9.17) is 21.5 Å². The van der Waals surface area contributed by atoms with E-state index in [0.717, 1.165) is 12.8 Å². The molecular formula is C11H17ClN2O3. The first-order valence-corrected chi connectivity index (χ1v) is 6.10. The van der Waals surface area contributed by atoms with Crippen LogP contribution >= 0.6 is 11.6 Å². The molecule has 0 aromatic heterocycles. The van der Waals surface area contributed by atoms with Gasteiger partial charge in [0.15, 0.2) is 5.17 Å². The number of amides is 1. The van der Waals surface area contributed by atoms with E-state index in [9.17, 15) is 4.79 Å². The summed E-state index contributed by atoms with van der Waals surface area (Å²) < 4.78 is 5.34. The van der Waals surface area contributed by atoms with Gasteiger partial charge in [-0.2, -0.15) is 0 Å². The minimum absolute atomic E-state index is 0.0584. The number of hydrogen-bond donors (Lipinski definition) is 1. The van der Waals surface area contributed by atoms with E-state index in [1.165, 1.54) is 0 Å². The van der Waals surface area contributed by atoms with Crippen molar-refractivity contribution < 1.29 is 14.7 Å². The van der Waals surface area contributed by atoms with Crippen LogP contribution in [0.3, 0.4) is 0 Å². The zero-order valence-electron chi connectivity index (χ0n) is 10.2. The molecule has 0 radical (unpaired) electrons. The van der Waals surface area contributed by atoms with Crippen molar-refractivity contribution in [2.45, 2.75) is 51.3 Å². The molecule has 0 aromatic carbocycles. The standard InChI is InChI=1S/C11H17ClN2O3/c1-11(2,3)17-10(15)14-7-4-6(7)5-8(14)9(12)13-16/h6-8,16H,4-5H2,1-3H3/b13-9+/t6-,7-,8-/m1/s1. The third-order valence-corrected chi connectivity index (χ3v) is 3.41. The fourth-order valence-electron chi connectivity index (χ4n) is 2.31. The summed E-state index contributed by atoms with van der Waals surface area (Å²) in [5.41, 5.74) is -0.530. The number of carbonyl (C=O) groups is 1. The predicted molar refractivity (Wildman–Crippen MR) is 63.4 cm³/mol. The average Bonchev–Trinajstić information content (AvgIpc) is 2.85. The van der Waals surface area contributed by atoms with Crippen molar-refractivity contribution in [2.75, 3.05) is 0 Å². The first-order valence-electron chi connectivity index (χ1n) is 5.72. The van der Waals surface area contributed by atoms with Crippen molar-refractivity contribution in [1.29, 1.82) is 0 Å². The van der Waals surface area contributed by atoms with Crippen molar-refractivity contribution in [3.63, 3.8) is 0 Å². The molecule has 5 nitrogen and oxygen atoms in total. The summed E-state index contributed by atoms with van der Waals surface area (Å²) in [7, 11) is 0. The SMILES string of the molecule is CC(C)(C)OC(=O)N1[C@@H](/C(Cl)=N\O)C[C@H]2C[C@H]21. The lowest BCUT2D eigenvalue weighted by Gasteiger charge is -2.29. The second kappa shape index (κ2) is 4.05. The van der Waals surface area contributed by atoms with Crippen molar-refractivity contribution in [3.05, 3.63) is 0 Å². The molecule has 1 amide bonds. The summed E-state index contributed by atoms with van der Waals surface area (Å²) in [5.74, 6) is 0.475. The van der Waals surface area contributed by atoms with Gasteiger partial charge in [0.1, 0.15) is 5.60 Å². The Morgan fingerprint density at radius 1 is 1.47 bits per heavy atom. The molecule has 0 bridgehead atoms. The molecule has 0 unspecified atom stereocenters. The molecular weight excluding hydrogens is 244 g/mol. The highest BCUT2D eigenvalue weighted by Gasteiger charge is 2.56. The van der Waals surface area contributed by atoms with Crippen LogP contribution in [0.1, 0.15) is 33.6 Å². The normalized spacial score (nSPS) is 32.4. The minimum Gasteiger partial charge on any atom is -0.444 e. The van der Waals surface area contributed by atoms with Crippen LogP contribution in [0.4, 0.5) is 4.79 Å². The van der Waals surface area contributed by atoms with Crippen molar-refractivity contribution in [2.24, 2.45) is 11.1 Å². The Kier molecular flexibility index (Phi) is 2.97. The highest BCUT2D eigenvalue weighted by molar-refractivity contribution is 6.66. The Hall–Kier alpha value is -0.970.